The van der Waals surface area contributed by atoms with Crippen molar-refractivity contribution in [1.82, 2.24) is 5.32 Å². The second-order valence-electron chi connectivity index (χ2n) is 4.79. The Labute approximate surface area is 110 Å². The molecule has 4 nitrogen and oxygen atoms in total. The van der Waals surface area contributed by atoms with E-state index in [0.717, 1.165) is 12.2 Å². The highest BCUT2D eigenvalue weighted by Gasteiger charge is 2.30. The number of thioether (sulfide) groups is 1. The van der Waals surface area contributed by atoms with E-state index in [1.165, 1.54) is 24.6 Å². The molecule has 1 saturated heterocycles. The summed E-state index contributed by atoms with van der Waals surface area (Å²) in [5, 5.41) is 21.6. The predicted octanol–water partition coefficient (Wildman–Crippen LogP) is 2.11. The van der Waals surface area contributed by atoms with Gasteiger partial charge in [0.05, 0.1) is 5.56 Å². The summed E-state index contributed by atoms with van der Waals surface area (Å²) in [6.07, 6.45) is 2.28. The lowest BCUT2D eigenvalue weighted by Crippen LogP contribution is -2.36. The van der Waals surface area contributed by atoms with Crippen LogP contribution in [0.25, 0.3) is 0 Å². The van der Waals surface area contributed by atoms with Crippen LogP contribution in [0.2, 0.25) is 0 Å². The lowest BCUT2D eigenvalue weighted by molar-refractivity contribution is 0.0947. The Bertz CT molecular complexity index is 456. The van der Waals surface area contributed by atoms with Gasteiger partial charge in [0.2, 0.25) is 0 Å². The molecule has 1 atom stereocenters. The van der Waals surface area contributed by atoms with Gasteiger partial charge in [0.25, 0.3) is 5.91 Å². The van der Waals surface area contributed by atoms with Crippen LogP contribution in [-0.2, 0) is 0 Å². The van der Waals surface area contributed by atoms with Crippen LogP contribution in [0.5, 0.6) is 11.5 Å². The number of nitrogens with one attached hydrogen (secondary N) is 1. The highest BCUT2D eigenvalue weighted by Crippen LogP contribution is 2.37. The van der Waals surface area contributed by atoms with Crippen LogP contribution in [0.3, 0.4) is 0 Å². The van der Waals surface area contributed by atoms with Crippen LogP contribution in [-0.4, -0.2) is 33.2 Å². The van der Waals surface area contributed by atoms with Crippen molar-refractivity contribution in [3.05, 3.63) is 23.8 Å². The number of carbonyl (C=O) groups is 1. The summed E-state index contributed by atoms with van der Waals surface area (Å²) in [6.45, 7) is 2.73. The van der Waals surface area contributed by atoms with Crippen molar-refractivity contribution in [1.29, 1.82) is 0 Å². The third-order valence-corrected chi connectivity index (χ3v) is 4.69. The molecule has 1 aromatic carbocycles. The summed E-state index contributed by atoms with van der Waals surface area (Å²) >= 11 is 1.87. The average molecular weight is 267 g/mol. The number of benzene rings is 1. The number of carbonyl (C=O) groups excluding carboxylic acids is 1. The van der Waals surface area contributed by atoms with Gasteiger partial charge in [0.1, 0.15) is 11.5 Å². The van der Waals surface area contributed by atoms with Crippen LogP contribution >= 0.6 is 11.8 Å². The van der Waals surface area contributed by atoms with E-state index in [9.17, 15) is 9.90 Å². The maximum atomic E-state index is 11.9. The first-order valence-corrected chi connectivity index (χ1v) is 6.93. The fourth-order valence-corrected chi connectivity index (χ4v) is 3.30. The smallest absolute Gasteiger partial charge is 0.255 e. The molecule has 0 aliphatic carbocycles. The van der Waals surface area contributed by atoms with Crippen molar-refractivity contribution in [2.24, 2.45) is 0 Å². The minimum atomic E-state index is -0.304. The highest BCUT2D eigenvalue weighted by molar-refractivity contribution is 8.00. The number of rotatable bonds is 3. The molecule has 0 aromatic heterocycles. The van der Waals surface area contributed by atoms with Gasteiger partial charge in [-0.3, -0.25) is 4.79 Å². The largest absolute Gasteiger partial charge is 0.508 e. The molecule has 18 heavy (non-hydrogen) atoms. The van der Waals surface area contributed by atoms with Gasteiger partial charge < -0.3 is 15.5 Å². The number of phenolic OH excluding ortho intramolecular Hbond substituents is 2. The molecule has 98 valence electrons. The maximum Gasteiger partial charge on any atom is 0.255 e. The third kappa shape index (κ3) is 2.90. The van der Waals surface area contributed by atoms with Gasteiger partial charge in [-0.25, -0.2) is 0 Å². The molecule has 1 fully saturated rings. The fourth-order valence-electron chi connectivity index (χ4n) is 2.05. The van der Waals surface area contributed by atoms with Crippen molar-refractivity contribution in [2.75, 3.05) is 12.3 Å². The van der Waals surface area contributed by atoms with Gasteiger partial charge in [-0.15, -0.1) is 0 Å². The topological polar surface area (TPSA) is 69.6 Å². The zero-order chi connectivity index (χ0) is 13.2. The summed E-state index contributed by atoms with van der Waals surface area (Å²) in [7, 11) is 0. The number of hydrogen-bond donors (Lipinski definition) is 3. The Morgan fingerprint density at radius 1 is 1.50 bits per heavy atom. The molecule has 1 aliphatic rings. The lowest BCUT2D eigenvalue weighted by Gasteiger charge is -2.22. The second-order valence-corrected chi connectivity index (χ2v) is 6.47. The van der Waals surface area contributed by atoms with Crippen LogP contribution in [0, 0.1) is 0 Å². The van der Waals surface area contributed by atoms with E-state index in [1.54, 1.807) is 0 Å². The van der Waals surface area contributed by atoms with E-state index >= 15 is 0 Å². The van der Waals surface area contributed by atoms with Gasteiger partial charge in [0, 0.05) is 17.4 Å². The van der Waals surface area contributed by atoms with Crippen molar-refractivity contribution in [2.45, 2.75) is 24.5 Å². The molecule has 1 heterocycles. The van der Waals surface area contributed by atoms with E-state index in [-0.39, 0.29) is 27.7 Å². The van der Waals surface area contributed by atoms with E-state index in [4.69, 9.17) is 5.11 Å². The highest BCUT2D eigenvalue weighted by atomic mass is 32.2. The molecule has 0 saturated carbocycles. The van der Waals surface area contributed by atoms with Gasteiger partial charge in [0.15, 0.2) is 0 Å². The summed E-state index contributed by atoms with van der Waals surface area (Å²) in [6, 6.07) is 3.98. The Morgan fingerprint density at radius 2 is 2.28 bits per heavy atom. The molecular formula is C13H17NO3S. The third-order valence-electron chi connectivity index (χ3n) is 3.15. The Hall–Kier alpha value is -1.36. The number of phenols is 2. The van der Waals surface area contributed by atoms with Gasteiger partial charge >= 0.3 is 0 Å². The van der Waals surface area contributed by atoms with E-state index in [1.807, 2.05) is 11.8 Å². The molecule has 1 aromatic rings. The minimum absolute atomic E-state index is 0.0534. The van der Waals surface area contributed by atoms with Crippen LogP contribution < -0.4 is 5.32 Å². The molecule has 1 amide bonds. The summed E-state index contributed by atoms with van der Waals surface area (Å²) in [5.74, 6) is 0.580. The summed E-state index contributed by atoms with van der Waals surface area (Å²) < 4.78 is 0.0994. The maximum absolute atomic E-state index is 11.9. The molecule has 2 rings (SSSR count). The first-order valence-electron chi connectivity index (χ1n) is 5.94. The van der Waals surface area contributed by atoms with Gasteiger partial charge in [-0.2, -0.15) is 11.8 Å². The number of aromatic hydroxyl groups is 2. The van der Waals surface area contributed by atoms with Crippen LogP contribution in [0.1, 0.15) is 30.1 Å². The van der Waals surface area contributed by atoms with Crippen molar-refractivity contribution in [3.63, 3.8) is 0 Å². The first kappa shape index (κ1) is 13.1. The molecule has 5 heteroatoms. The molecule has 1 unspecified atom stereocenters. The summed E-state index contributed by atoms with van der Waals surface area (Å²) in [4.78, 5) is 11.9. The summed E-state index contributed by atoms with van der Waals surface area (Å²) in [5.41, 5.74) is 0.194. The zero-order valence-corrected chi connectivity index (χ0v) is 11.1. The zero-order valence-electron chi connectivity index (χ0n) is 10.3. The molecule has 0 bridgehead atoms. The van der Waals surface area contributed by atoms with Gasteiger partial charge in [-0.1, -0.05) is 0 Å². The SMILES string of the molecule is CC1(CNC(=O)c2ccc(O)cc2O)CCCS1. The van der Waals surface area contributed by atoms with Crippen LogP contribution in [0.4, 0.5) is 0 Å². The first-order chi connectivity index (χ1) is 8.50. The Morgan fingerprint density at radius 3 is 2.89 bits per heavy atom. The van der Waals surface area contributed by atoms with Crippen LogP contribution in [0.15, 0.2) is 18.2 Å². The van der Waals surface area contributed by atoms with Crippen molar-refractivity contribution in [3.8, 4) is 11.5 Å². The molecule has 0 spiro atoms. The Balaban J connectivity index is 1.99. The normalized spacial score (nSPS) is 22.9. The average Bonchev–Trinajstić information content (AvgIpc) is 2.74. The monoisotopic (exact) mass is 267 g/mol. The number of hydrogen-bond acceptors (Lipinski definition) is 4. The van der Waals surface area contributed by atoms with E-state index in [2.05, 4.69) is 12.2 Å². The number of amides is 1. The predicted molar refractivity (Wildman–Crippen MR) is 72.2 cm³/mol. The lowest BCUT2D eigenvalue weighted by atomic mass is 10.1. The standard InChI is InChI=1S/C13H17NO3S/c1-13(5-2-6-18-13)8-14-12(17)10-4-3-9(15)7-11(10)16/h3-4,7,15-16H,2,5-6,8H2,1H3,(H,14,17). The fraction of sp³-hybridized carbons (Fsp3) is 0.462. The van der Waals surface area contributed by atoms with Gasteiger partial charge in [-0.05, 0) is 37.7 Å². The molecular weight excluding hydrogens is 250 g/mol. The molecule has 0 radical (unpaired) electrons. The van der Waals surface area contributed by atoms with Crippen molar-refractivity contribution < 1.29 is 15.0 Å². The van der Waals surface area contributed by atoms with Crippen molar-refractivity contribution >= 4 is 17.7 Å². The minimum Gasteiger partial charge on any atom is -0.508 e. The quantitative estimate of drug-likeness (QED) is 0.784. The molecule has 1 aliphatic heterocycles. The molecule has 3 N–H and O–H groups in total. The van der Waals surface area contributed by atoms with E-state index < -0.39 is 0 Å². The second kappa shape index (κ2) is 5.10. The Kier molecular flexibility index (Phi) is 3.71. The van der Waals surface area contributed by atoms with E-state index in [0.29, 0.717) is 6.54 Å².